The van der Waals surface area contributed by atoms with Gasteiger partial charge in [-0.1, -0.05) is 0 Å². The van der Waals surface area contributed by atoms with E-state index in [0.717, 1.165) is 19.4 Å². The molecule has 1 aliphatic heterocycles. The van der Waals surface area contributed by atoms with Crippen molar-refractivity contribution in [3.05, 3.63) is 0 Å². The third kappa shape index (κ3) is 2.19. The minimum Gasteiger partial charge on any atom is -0.469 e. The molecule has 2 rings (SSSR count). The van der Waals surface area contributed by atoms with E-state index in [9.17, 15) is 9.59 Å². The summed E-state index contributed by atoms with van der Waals surface area (Å²) in [6, 6.07) is 0.239. The molecule has 0 bridgehead atoms. The molecule has 5 nitrogen and oxygen atoms in total. The molecular formula is C11H18N2O3. The summed E-state index contributed by atoms with van der Waals surface area (Å²) in [7, 11) is 1.34. The van der Waals surface area contributed by atoms with Crippen molar-refractivity contribution in [2.75, 3.05) is 13.7 Å². The van der Waals surface area contributed by atoms with E-state index in [0.29, 0.717) is 6.04 Å². The molecule has 2 atom stereocenters. The molecule has 1 aliphatic carbocycles. The van der Waals surface area contributed by atoms with Crippen molar-refractivity contribution in [1.82, 2.24) is 10.2 Å². The Morgan fingerprint density at radius 3 is 2.81 bits per heavy atom. The third-order valence-electron chi connectivity index (χ3n) is 3.23. The molecule has 0 aromatic heterocycles. The molecule has 1 heterocycles. The number of carbonyl (C=O) groups is 2. The molecule has 1 saturated heterocycles. The molecule has 2 fully saturated rings. The Hall–Kier alpha value is -1.10. The summed E-state index contributed by atoms with van der Waals surface area (Å²) in [5.41, 5.74) is 0. The van der Waals surface area contributed by atoms with Gasteiger partial charge in [-0.2, -0.15) is 0 Å². The summed E-state index contributed by atoms with van der Waals surface area (Å²) >= 11 is 0. The van der Waals surface area contributed by atoms with Gasteiger partial charge < -0.3 is 15.0 Å². The largest absolute Gasteiger partial charge is 0.469 e. The average Bonchev–Trinajstić information content (AvgIpc) is 3.06. The summed E-state index contributed by atoms with van der Waals surface area (Å²) in [4.78, 5) is 25.2. The van der Waals surface area contributed by atoms with Crippen LogP contribution in [0.5, 0.6) is 0 Å². The van der Waals surface area contributed by atoms with Gasteiger partial charge >= 0.3 is 5.97 Å². The Labute approximate surface area is 95.1 Å². The van der Waals surface area contributed by atoms with E-state index in [1.807, 2.05) is 11.8 Å². The first-order valence-electron chi connectivity index (χ1n) is 5.76. The second kappa shape index (κ2) is 4.41. The van der Waals surface area contributed by atoms with E-state index < -0.39 is 6.04 Å². The predicted octanol–water partition coefficient (Wildman–Crippen LogP) is -0.0992. The fourth-order valence-corrected chi connectivity index (χ4v) is 2.20. The molecule has 1 amide bonds. The van der Waals surface area contributed by atoms with E-state index in [-0.39, 0.29) is 24.3 Å². The van der Waals surface area contributed by atoms with Crippen LogP contribution in [-0.2, 0) is 14.3 Å². The Balaban J connectivity index is 2.00. The van der Waals surface area contributed by atoms with E-state index in [1.54, 1.807) is 0 Å². The fourth-order valence-electron chi connectivity index (χ4n) is 2.20. The van der Waals surface area contributed by atoms with E-state index in [4.69, 9.17) is 0 Å². The second-order valence-electron chi connectivity index (χ2n) is 4.57. The third-order valence-corrected chi connectivity index (χ3v) is 3.23. The molecule has 0 spiro atoms. The quantitative estimate of drug-likeness (QED) is 0.683. The lowest BCUT2D eigenvalue weighted by Gasteiger charge is -2.38. The lowest BCUT2D eigenvalue weighted by molar-refractivity contribution is -0.147. The molecule has 90 valence electrons. The number of hydrogen-bond donors (Lipinski definition) is 1. The van der Waals surface area contributed by atoms with E-state index in [2.05, 4.69) is 10.1 Å². The van der Waals surface area contributed by atoms with Crippen molar-refractivity contribution >= 4 is 11.9 Å². The first-order chi connectivity index (χ1) is 7.63. The van der Waals surface area contributed by atoms with Gasteiger partial charge in [0.15, 0.2) is 0 Å². The maximum atomic E-state index is 12.1. The van der Waals surface area contributed by atoms with Crippen LogP contribution in [-0.4, -0.2) is 48.6 Å². The second-order valence-corrected chi connectivity index (χ2v) is 4.57. The Bertz CT molecular complexity index is 302. The zero-order valence-electron chi connectivity index (χ0n) is 9.73. The van der Waals surface area contributed by atoms with Crippen LogP contribution in [0.2, 0.25) is 0 Å². The van der Waals surface area contributed by atoms with Gasteiger partial charge in [-0.05, 0) is 19.8 Å². The van der Waals surface area contributed by atoms with Crippen LogP contribution >= 0.6 is 0 Å². The molecule has 0 aromatic rings. The Morgan fingerprint density at radius 1 is 1.56 bits per heavy atom. The van der Waals surface area contributed by atoms with Gasteiger partial charge in [0.2, 0.25) is 5.91 Å². The molecule has 2 unspecified atom stereocenters. The van der Waals surface area contributed by atoms with Gasteiger partial charge in [0.1, 0.15) is 0 Å². The summed E-state index contributed by atoms with van der Waals surface area (Å²) in [6.07, 6.45) is 2.33. The first kappa shape index (κ1) is 11.4. The van der Waals surface area contributed by atoms with Gasteiger partial charge in [-0.25, -0.2) is 0 Å². The number of piperazine rings is 1. The smallest absolute Gasteiger partial charge is 0.307 e. The maximum absolute atomic E-state index is 12.1. The highest BCUT2D eigenvalue weighted by Crippen LogP contribution is 2.30. The van der Waals surface area contributed by atoms with Crippen molar-refractivity contribution in [3.63, 3.8) is 0 Å². The van der Waals surface area contributed by atoms with Crippen LogP contribution in [0.15, 0.2) is 0 Å². The van der Waals surface area contributed by atoms with Crippen molar-refractivity contribution < 1.29 is 14.3 Å². The van der Waals surface area contributed by atoms with Crippen molar-refractivity contribution in [2.45, 2.75) is 44.3 Å². The number of nitrogens with one attached hydrogen (secondary N) is 1. The maximum Gasteiger partial charge on any atom is 0.307 e. The summed E-state index contributed by atoms with van der Waals surface area (Å²) < 4.78 is 4.59. The van der Waals surface area contributed by atoms with Gasteiger partial charge in [0.05, 0.1) is 19.6 Å². The number of amides is 1. The normalized spacial score (nSPS) is 30.4. The first-order valence-corrected chi connectivity index (χ1v) is 5.76. The van der Waals surface area contributed by atoms with E-state index in [1.165, 1.54) is 7.11 Å². The van der Waals surface area contributed by atoms with Crippen LogP contribution in [0.1, 0.15) is 26.2 Å². The molecular weight excluding hydrogens is 208 g/mol. The van der Waals surface area contributed by atoms with Gasteiger partial charge in [0, 0.05) is 18.6 Å². The van der Waals surface area contributed by atoms with Crippen LogP contribution in [0.4, 0.5) is 0 Å². The minimum atomic E-state index is -0.399. The molecule has 2 aliphatic rings. The van der Waals surface area contributed by atoms with Gasteiger partial charge in [-0.3, -0.25) is 9.59 Å². The average molecular weight is 226 g/mol. The minimum absolute atomic E-state index is 0.0478. The van der Waals surface area contributed by atoms with Crippen molar-refractivity contribution in [3.8, 4) is 0 Å². The monoisotopic (exact) mass is 226 g/mol. The predicted molar refractivity (Wildman–Crippen MR) is 57.8 cm³/mol. The molecule has 1 N–H and O–H groups in total. The number of ether oxygens (including phenoxy) is 1. The highest BCUT2D eigenvalue weighted by molar-refractivity contribution is 5.88. The van der Waals surface area contributed by atoms with Crippen molar-refractivity contribution in [1.29, 1.82) is 0 Å². The summed E-state index contributed by atoms with van der Waals surface area (Å²) in [5.74, 6) is -0.289. The summed E-state index contributed by atoms with van der Waals surface area (Å²) in [6.45, 7) is 2.79. The molecule has 5 heteroatoms. The number of esters is 1. The molecule has 1 saturated carbocycles. The van der Waals surface area contributed by atoms with Gasteiger partial charge in [-0.15, -0.1) is 0 Å². The summed E-state index contributed by atoms with van der Waals surface area (Å²) in [5, 5.41) is 3.10. The number of methoxy groups -OCH3 is 1. The highest BCUT2D eigenvalue weighted by Gasteiger charge is 2.41. The highest BCUT2D eigenvalue weighted by atomic mass is 16.5. The number of hydrogen-bond acceptors (Lipinski definition) is 4. The van der Waals surface area contributed by atoms with Crippen molar-refractivity contribution in [2.24, 2.45) is 0 Å². The Kier molecular flexibility index (Phi) is 3.14. The fraction of sp³-hybridized carbons (Fsp3) is 0.818. The topological polar surface area (TPSA) is 58.6 Å². The number of carbonyl (C=O) groups excluding carboxylic acids is 2. The molecule has 0 radical (unpaired) electrons. The Morgan fingerprint density at radius 2 is 2.25 bits per heavy atom. The van der Waals surface area contributed by atoms with Crippen LogP contribution in [0, 0.1) is 0 Å². The standard InChI is InChI=1S/C11H18N2O3/c1-7-6-12-9(5-10(14)16-2)11(15)13(7)8-3-4-8/h7-9,12H,3-6H2,1-2H3. The van der Waals surface area contributed by atoms with Gasteiger partial charge in [0.25, 0.3) is 0 Å². The van der Waals surface area contributed by atoms with Crippen LogP contribution in [0.25, 0.3) is 0 Å². The SMILES string of the molecule is COC(=O)CC1NCC(C)N(C2CC2)C1=O. The van der Waals surface area contributed by atoms with E-state index >= 15 is 0 Å². The molecule has 0 aromatic carbocycles. The number of nitrogens with zero attached hydrogens (tertiary/aromatic N) is 1. The van der Waals surface area contributed by atoms with Crippen LogP contribution in [0.3, 0.4) is 0 Å². The lowest BCUT2D eigenvalue weighted by Crippen LogP contribution is -2.60. The van der Waals surface area contributed by atoms with Crippen LogP contribution < -0.4 is 5.32 Å². The zero-order chi connectivity index (χ0) is 11.7. The lowest BCUT2D eigenvalue weighted by atomic mass is 10.1. The zero-order valence-corrected chi connectivity index (χ0v) is 9.73. The molecule has 16 heavy (non-hydrogen) atoms. The number of rotatable bonds is 3.